The van der Waals surface area contributed by atoms with Crippen LogP contribution in [0.4, 0.5) is 4.79 Å². The number of nitrogens with one attached hydrogen (secondary N) is 2. The Morgan fingerprint density at radius 3 is 2.24 bits per heavy atom. The predicted octanol–water partition coefficient (Wildman–Crippen LogP) is 2.72. The van der Waals surface area contributed by atoms with E-state index in [0.29, 0.717) is 25.4 Å². The minimum absolute atomic E-state index is 0.277. The van der Waals surface area contributed by atoms with Crippen molar-refractivity contribution in [2.45, 2.75) is 39.7 Å². The van der Waals surface area contributed by atoms with E-state index in [9.17, 15) is 9.59 Å². The summed E-state index contributed by atoms with van der Waals surface area (Å²) in [7, 11) is 0. The molecule has 0 aliphatic carbocycles. The fourth-order valence-electron chi connectivity index (χ4n) is 1.79. The molecule has 0 saturated carbocycles. The second-order valence-corrected chi connectivity index (χ2v) is 5.53. The van der Waals surface area contributed by atoms with E-state index in [2.05, 4.69) is 36.6 Å². The van der Waals surface area contributed by atoms with E-state index in [1.165, 1.54) is 5.56 Å². The zero-order chi connectivity index (χ0) is 15.8. The Kier molecular flexibility index (Phi) is 6.72. The highest BCUT2D eigenvalue weighted by molar-refractivity contribution is 5.74. The maximum absolute atomic E-state index is 11.6. The van der Waals surface area contributed by atoms with Gasteiger partial charge < -0.3 is 15.7 Å². The van der Waals surface area contributed by atoms with Gasteiger partial charge in [-0.15, -0.1) is 0 Å². The zero-order valence-electron chi connectivity index (χ0n) is 12.8. The molecule has 0 fully saturated rings. The third-order valence-electron chi connectivity index (χ3n) is 3.38. The number of carboxylic acid groups (broad SMARTS) is 1. The van der Waals surface area contributed by atoms with Crippen molar-refractivity contribution >= 4 is 12.0 Å². The number of carbonyl (C=O) groups is 2. The SMILES string of the molecule is CC(CCNC(=O)NCc1ccc(C(C)C)cc1)C(=O)O. The van der Waals surface area contributed by atoms with Crippen LogP contribution in [0.3, 0.4) is 0 Å². The first-order valence-electron chi connectivity index (χ1n) is 7.23. The van der Waals surface area contributed by atoms with Gasteiger partial charge in [-0.3, -0.25) is 4.79 Å². The molecule has 0 radical (unpaired) electrons. The number of aliphatic carboxylic acids is 1. The van der Waals surface area contributed by atoms with Crippen molar-refractivity contribution in [2.75, 3.05) is 6.54 Å². The average Bonchev–Trinajstić information content (AvgIpc) is 2.45. The van der Waals surface area contributed by atoms with Crippen LogP contribution < -0.4 is 10.6 Å². The molecule has 0 heterocycles. The van der Waals surface area contributed by atoms with Crippen LogP contribution in [0.25, 0.3) is 0 Å². The maximum atomic E-state index is 11.6. The number of benzene rings is 1. The molecule has 5 nitrogen and oxygen atoms in total. The monoisotopic (exact) mass is 292 g/mol. The molecule has 0 aliphatic heterocycles. The van der Waals surface area contributed by atoms with E-state index in [4.69, 9.17) is 5.11 Å². The Balaban J connectivity index is 2.28. The zero-order valence-corrected chi connectivity index (χ0v) is 12.8. The lowest BCUT2D eigenvalue weighted by Gasteiger charge is -2.10. The van der Waals surface area contributed by atoms with Gasteiger partial charge in [0.05, 0.1) is 5.92 Å². The standard InChI is InChI=1S/C16H24N2O3/c1-11(2)14-6-4-13(5-7-14)10-18-16(21)17-9-8-12(3)15(19)20/h4-7,11-12H,8-10H2,1-3H3,(H,19,20)(H2,17,18,21). The number of hydrogen-bond acceptors (Lipinski definition) is 2. The quantitative estimate of drug-likeness (QED) is 0.723. The van der Waals surface area contributed by atoms with E-state index in [1.54, 1.807) is 6.92 Å². The molecular weight excluding hydrogens is 268 g/mol. The van der Waals surface area contributed by atoms with Crippen LogP contribution in [0.1, 0.15) is 44.2 Å². The molecule has 1 unspecified atom stereocenters. The Morgan fingerprint density at radius 1 is 1.10 bits per heavy atom. The molecule has 1 aromatic rings. The summed E-state index contributed by atoms with van der Waals surface area (Å²) in [5.74, 6) is -0.803. The van der Waals surface area contributed by atoms with Crippen LogP contribution >= 0.6 is 0 Å². The van der Waals surface area contributed by atoms with E-state index in [0.717, 1.165) is 5.56 Å². The lowest BCUT2D eigenvalue weighted by molar-refractivity contribution is -0.141. The number of hydrogen-bond donors (Lipinski definition) is 3. The second-order valence-electron chi connectivity index (χ2n) is 5.53. The van der Waals surface area contributed by atoms with Crippen LogP contribution in [0.5, 0.6) is 0 Å². The van der Waals surface area contributed by atoms with Crippen LogP contribution in [-0.4, -0.2) is 23.7 Å². The summed E-state index contributed by atoms with van der Waals surface area (Å²) >= 11 is 0. The molecule has 3 N–H and O–H groups in total. The third kappa shape index (κ3) is 6.29. The van der Waals surface area contributed by atoms with Gasteiger partial charge >= 0.3 is 12.0 Å². The van der Waals surface area contributed by atoms with Crippen molar-refractivity contribution in [3.63, 3.8) is 0 Å². The molecule has 1 rings (SSSR count). The van der Waals surface area contributed by atoms with Crippen molar-refractivity contribution in [1.29, 1.82) is 0 Å². The largest absolute Gasteiger partial charge is 0.481 e. The van der Waals surface area contributed by atoms with Gasteiger partial charge in [0.1, 0.15) is 0 Å². The summed E-state index contributed by atoms with van der Waals surface area (Å²) in [6.45, 7) is 6.71. The van der Waals surface area contributed by atoms with Gasteiger partial charge in [0.2, 0.25) is 0 Å². The summed E-state index contributed by atoms with van der Waals surface area (Å²) in [6.07, 6.45) is 0.422. The third-order valence-corrected chi connectivity index (χ3v) is 3.38. The molecule has 21 heavy (non-hydrogen) atoms. The number of urea groups is 1. The Hall–Kier alpha value is -2.04. The van der Waals surface area contributed by atoms with Crippen LogP contribution in [0, 0.1) is 5.92 Å². The average molecular weight is 292 g/mol. The van der Waals surface area contributed by atoms with E-state index in [-0.39, 0.29) is 6.03 Å². The first-order chi connectivity index (χ1) is 9.90. The number of carboxylic acids is 1. The van der Waals surface area contributed by atoms with Gasteiger partial charge in [-0.1, -0.05) is 45.0 Å². The molecule has 5 heteroatoms. The molecule has 0 aromatic heterocycles. The Labute approximate surface area is 125 Å². The Morgan fingerprint density at radius 2 is 1.71 bits per heavy atom. The summed E-state index contributed by atoms with van der Waals surface area (Å²) in [5, 5.41) is 14.1. The highest BCUT2D eigenvalue weighted by atomic mass is 16.4. The van der Waals surface area contributed by atoms with E-state index >= 15 is 0 Å². The second kappa shape index (κ2) is 8.29. The van der Waals surface area contributed by atoms with Gasteiger partial charge in [-0.05, 0) is 23.5 Å². The molecule has 0 bridgehead atoms. The molecule has 116 valence electrons. The van der Waals surface area contributed by atoms with E-state index < -0.39 is 11.9 Å². The van der Waals surface area contributed by atoms with Crippen molar-refractivity contribution in [3.8, 4) is 0 Å². The molecule has 0 aliphatic rings. The lowest BCUT2D eigenvalue weighted by atomic mass is 10.0. The molecule has 0 saturated heterocycles. The van der Waals surface area contributed by atoms with Gasteiger partial charge in [0.25, 0.3) is 0 Å². The lowest BCUT2D eigenvalue weighted by Crippen LogP contribution is -2.36. The van der Waals surface area contributed by atoms with Crippen LogP contribution in [-0.2, 0) is 11.3 Å². The van der Waals surface area contributed by atoms with Crippen LogP contribution in [0.15, 0.2) is 24.3 Å². The highest BCUT2D eigenvalue weighted by Crippen LogP contribution is 2.14. The fourth-order valence-corrected chi connectivity index (χ4v) is 1.79. The molecule has 1 aromatic carbocycles. The number of amides is 2. The smallest absolute Gasteiger partial charge is 0.315 e. The van der Waals surface area contributed by atoms with Crippen molar-refractivity contribution in [1.82, 2.24) is 10.6 Å². The number of rotatable bonds is 7. The van der Waals surface area contributed by atoms with Gasteiger partial charge in [-0.25, -0.2) is 4.79 Å². The molecular formula is C16H24N2O3. The van der Waals surface area contributed by atoms with Crippen LogP contribution in [0.2, 0.25) is 0 Å². The summed E-state index contributed by atoms with van der Waals surface area (Å²) < 4.78 is 0. The minimum Gasteiger partial charge on any atom is -0.481 e. The summed E-state index contributed by atoms with van der Waals surface area (Å²) in [6, 6.07) is 7.85. The predicted molar refractivity (Wildman–Crippen MR) is 82.2 cm³/mol. The topological polar surface area (TPSA) is 78.4 Å². The van der Waals surface area contributed by atoms with E-state index in [1.807, 2.05) is 12.1 Å². The summed E-state index contributed by atoms with van der Waals surface area (Å²) in [4.78, 5) is 22.2. The van der Waals surface area contributed by atoms with Crippen molar-refractivity contribution in [3.05, 3.63) is 35.4 Å². The normalized spacial score (nSPS) is 12.0. The van der Waals surface area contributed by atoms with Crippen molar-refractivity contribution < 1.29 is 14.7 Å². The molecule has 2 amide bonds. The molecule has 1 atom stereocenters. The fraction of sp³-hybridized carbons (Fsp3) is 0.500. The minimum atomic E-state index is -0.845. The van der Waals surface area contributed by atoms with Gasteiger partial charge in [-0.2, -0.15) is 0 Å². The van der Waals surface area contributed by atoms with Gasteiger partial charge in [0, 0.05) is 13.1 Å². The van der Waals surface area contributed by atoms with Gasteiger partial charge in [0.15, 0.2) is 0 Å². The maximum Gasteiger partial charge on any atom is 0.315 e. The Bertz CT molecular complexity index is 469. The van der Waals surface area contributed by atoms with Crippen molar-refractivity contribution in [2.24, 2.45) is 5.92 Å². The molecule has 0 spiro atoms. The first-order valence-corrected chi connectivity index (χ1v) is 7.23. The highest BCUT2D eigenvalue weighted by Gasteiger charge is 2.10. The number of carbonyl (C=O) groups excluding carboxylic acids is 1. The first kappa shape index (κ1) is 17.0. The summed E-state index contributed by atoms with van der Waals surface area (Å²) in [5.41, 5.74) is 2.30.